The van der Waals surface area contributed by atoms with Crippen LogP contribution in [-0.2, 0) is 4.74 Å². The highest BCUT2D eigenvalue weighted by atomic mass is 16.5. The number of piperazine rings is 1. The minimum atomic E-state index is -0.269. The number of pyridine rings is 1. The van der Waals surface area contributed by atoms with E-state index in [1.54, 1.807) is 0 Å². The van der Waals surface area contributed by atoms with Gasteiger partial charge in [-0.15, -0.1) is 0 Å². The number of allylic oxidation sites excluding steroid dienone is 1. The zero-order valence-electron chi connectivity index (χ0n) is 25.2. The Morgan fingerprint density at radius 1 is 1.17 bits per heavy atom. The molecule has 216 valence electrons. The lowest BCUT2D eigenvalue weighted by molar-refractivity contribution is -0.0125. The molecule has 1 aromatic carbocycles. The number of nitrogens with zero attached hydrogens (tertiary/aromatic N) is 4. The first-order valence-corrected chi connectivity index (χ1v) is 14.7. The third-order valence-electron chi connectivity index (χ3n) is 8.00. The van der Waals surface area contributed by atoms with Gasteiger partial charge in [-0.1, -0.05) is 38.1 Å². The molecule has 1 unspecified atom stereocenters. The monoisotopic (exact) mass is 552 g/mol. The topological polar surface area (TPSA) is 67.7 Å². The quantitative estimate of drug-likeness (QED) is 0.223. The number of ether oxygens (including phenoxy) is 1. The van der Waals surface area contributed by atoms with E-state index in [-0.39, 0.29) is 17.7 Å². The maximum atomic E-state index is 8.06. The van der Waals surface area contributed by atoms with E-state index in [1.807, 2.05) is 24.2 Å². The Hall–Kier alpha value is -3.84. The fourth-order valence-corrected chi connectivity index (χ4v) is 6.10. The van der Waals surface area contributed by atoms with Crippen LogP contribution in [0.5, 0.6) is 0 Å². The number of benzene rings is 1. The standard InChI is InChI=1S/C34H44N6O/c1-8-10-23(2)37-32-29-21-26-11-9-14-36-31(26)33(40-17-15-39(16-18-40)24(3)41-34(4,5)6)27-13-12-25(19-28(27)29)20-30(32)38(7)22-35/h9,11-14,19-22,32-33,35,37H,2-3,8,10,15-18H2,1,4-7H3/t32?,33-/m0/s1. The molecule has 0 spiro atoms. The Bertz CT molecular complexity index is 1390. The van der Waals surface area contributed by atoms with E-state index in [0.717, 1.165) is 73.1 Å². The molecular weight excluding hydrogens is 508 g/mol. The molecule has 1 aromatic heterocycles. The molecule has 2 aliphatic carbocycles. The van der Waals surface area contributed by atoms with Crippen LogP contribution in [0.15, 0.2) is 67.0 Å². The van der Waals surface area contributed by atoms with Crippen LogP contribution < -0.4 is 5.32 Å². The van der Waals surface area contributed by atoms with Crippen molar-refractivity contribution >= 4 is 24.1 Å². The van der Waals surface area contributed by atoms with E-state index in [2.05, 4.69) is 92.4 Å². The molecule has 2 atom stereocenters. The third-order valence-corrected chi connectivity index (χ3v) is 8.00. The van der Waals surface area contributed by atoms with Crippen molar-refractivity contribution in [2.24, 2.45) is 0 Å². The van der Waals surface area contributed by atoms with Crippen LogP contribution in [0.2, 0.25) is 0 Å². The van der Waals surface area contributed by atoms with Crippen molar-refractivity contribution in [1.82, 2.24) is 25.0 Å². The van der Waals surface area contributed by atoms with Gasteiger partial charge in [0.25, 0.3) is 0 Å². The third kappa shape index (κ3) is 5.96. The summed E-state index contributed by atoms with van der Waals surface area (Å²) < 4.78 is 6.09. The van der Waals surface area contributed by atoms with Gasteiger partial charge in [-0.2, -0.15) is 0 Å². The van der Waals surface area contributed by atoms with E-state index < -0.39 is 0 Å². The maximum Gasteiger partial charge on any atom is 0.182 e. The van der Waals surface area contributed by atoms with Gasteiger partial charge >= 0.3 is 0 Å². The highest BCUT2D eigenvalue weighted by molar-refractivity contribution is 5.93. The van der Waals surface area contributed by atoms with Crippen LogP contribution in [0, 0.1) is 5.41 Å². The molecule has 7 nitrogen and oxygen atoms in total. The average Bonchev–Trinajstić information content (AvgIpc) is 3.14. The summed E-state index contributed by atoms with van der Waals surface area (Å²) in [6, 6.07) is 10.9. The number of hydrogen-bond donors (Lipinski definition) is 2. The minimum Gasteiger partial charge on any atom is -0.474 e. The maximum absolute atomic E-state index is 8.06. The van der Waals surface area contributed by atoms with Gasteiger partial charge in [-0.3, -0.25) is 15.3 Å². The van der Waals surface area contributed by atoms with Crippen LogP contribution in [-0.4, -0.2) is 70.9 Å². The smallest absolute Gasteiger partial charge is 0.182 e. The first-order valence-electron chi connectivity index (χ1n) is 14.7. The fourth-order valence-electron chi connectivity index (χ4n) is 6.10. The molecule has 1 saturated heterocycles. The summed E-state index contributed by atoms with van der Waals surface area (Å²) in [5.41, 5.74) is 8.74. The van der Waals surface area contributed by atoms with E-state index in [1.165, 1.54) is 23.0 Å². The van der Waals surface area contributed by atoms with Crippen molar-refractivity contribution in [2.75, 3.05) is 33.2 Å². The number of likely N-dealkylation sites (N-methyl/N-ethyl adjacent to an activating group) is 1. The van der Waals surface area contributed by atoms with Crippen molar-refractivity contribution in [1.29, 1.82) is 5.41 Å². The Morgan fingerprint density at radius 2 is 1.93 bits per heavy atom. The summed E-state index contributed by atoms with van der Waals surface area (Å²) in [7, 11) is 1.94. The van der Waals surface area contributed by atoms with Gasteiger partial charge in [-0.05, 0) is 85.9 Å². The van der Waals surface area contributed by atoms with Crippen molar-refractivity contribution in [3.05, 3.63) is 94.9 Å². The number of aromatic nitrogens is 1. The number of fused-ring (bicyclic) bond motifs is 2. The lowest BCUT2D eigenvalue weighted by Crippen LogP contribution is -2.48. The van der Waals surface area contributed by atoms with Crippen LogP contribution in [0.4, 0.5) is 0 Å². The summed E-state index contributed by atoms with van der Waals surface area (Å²) in [4.78, 5) is 11.7. The summed E-state index contributed by atoms with van der Waals surface area (Å²) >= 11 is 0. The molecule has 7 heteroatoms. The van der Waals surface area contributed by atoms with Gasteiger partial charge < -0.3 is 19.9 Å². The Morgan fingerprint density at radius 3 is 2.61 bits per heavy atom. The zero-order valence-corrected chi connectivity index (χ0v) is 25.2. The van der Waals surface area contributed by atoms with Gasteiger partial charge in [-0.25, -0.2) is 0 Å². The Balaban J connectivity index is 1.56. The summed E-state index contributed by atoms with van der Waals surface area (Å²) in [6.07, 6.45) is 9.69. The van der Waals surface area contributed by atoms with Crippen molar-refractivity contribution < 1.29 is 4.74 Å². The molecule has 41 heavy (non-hydrogen) atoms. The number of rotatable bonds is 9. The van der Waals surface area contributed by atoms with E-state index in [4.69, 9.17) is 15.1 Å². The van der Waals surface area contributed by atoms with Crippen LogP contribution in [0.25, 0.3) is 17.7 Å². The summed E-state index contributed by atoms with van der Waals surface area (Å²) in [5, 5.41) is 11.8. The van der Waals surface area contributed by atoms with Gasteiger partial charge in [0.05, 0.1) is 24.1 Å². The van der Waals surface area contributed by atoms with Gasteiger partial charge in [0.2, 0.25) is 0 Å². The zero-order chi connectivity index (χ0) is 29.3. The van der Waals surface area contributed by atoms with Crippen LogP contribution in [0.1, 0.15) is 74.5 Å². The Kier molecular flexibility index (Phi) is 8.09. The fraction of sp³-hybridized carbons (Fsp3) is 0.412. The van der Waals surface area contributed by atoms with Gasteiger partial charge in [0.1, 0.15) is 5.60 Å². The highest BCUT2D eigenvalue weighted by Gasteiger charge is 2.36. The summed E-state index contributed by atoms with van der Waals surface area (Å²) in [6.45, 7) is 20.4. The van der Waals surface area contributed by atoms with E-state index >= 15 is 0 Å². The van der Waals surface area contributed by atoms with E-state index in [9.17, 15) is 0 Å². The molecular formula is C34H44N6O. The first kappa shape index (κ1) is 28.7. The molecule has 1 aliphatic heterocycles. The molecule has 0 radical (unpaired) electrons. The molecule has 3 aliphatic rings. The second-order valence-corrected chi connectivity index (χ2v) is 12.2. The van der Waals surface area contributed by atoms with Crippen LogP contribution >= 0.6 is 0 Å². The number of hydrogen-bond acceptors (Lipinski definition) is 6. The molecule has 2 heterocycles. The molecule has 2 bridgehead atoms. The lowest BCUT2D eigenvalue weighted by atomic mass is 9.90. The molecule has 5 rings (SSSR count). The Labute approximate surface area is 245 Å². The second-order valence-electron chi connectivity index (χ2n) is 12.2. The molecule has 0 amide bonds. The van der Waals surface area contributed by atoms with Gasteiger partial charge in [0, 0.05) is 50.8 Å². The normalized spacial score (nSPS) is 20.1. The summed E-state index contributed by atoms with van der Waals surface area (Å²) in [5.74, 6) is 0.742. The first-order chi connectivity index (χ1) is 19.6. The van der Waals surface area contributed by atoms with E-state index in [0.29, 0.717) is 0 Å². The molecule has 2 N–H and O–H groups in total. The SMILES string of the molecule is C=C(CCC)NC1C2=Cc3cccnc3[C@@H](N3CCN(C(=C)OC(C)(C)C)CC3)c3ccc(cc32)C=C1N(C)C=N. The molecule has 2 aromatic rings. The predicted molar refractivity (Wildman–Crippen MR) is 169 cm³/mol. The largest absolute Gasteiger partial charge is 0.474 e. The lowest BCUT2D eigenvalue weighted by Gasteiger charge is -2.41. The average molecular weight is 553 g/mol. The highest BCUT2D eigenvalue weighted by Crippen LogP contribution is 2.44. The van der Waals surface area contributed by atoms with Crippen LogP contribution in [0.3, 0.4) is 0 Å². The van der Waals surface area contributed by atoms with Crippen molar-refractivity contribution in [2.45, 2.75) is 58.2 Å². The minimum absolute atomic E-state index is 0.0180. The van der Waals surface area contributed by atoms with Gasteiger partial charge in [0.15, 0.2) is 5.88 Å². The second kappa shape index (κ2) is 11.6. The number of nitrogens with one attached hydrogen (secondary N) is 2. The van der Waals surface area contributed by atoms with Crippen molar-refractivity contribution in [3.63, 3.8) is 0 Å². The molecule has 0 saturated carbocycles. The predicted octanol–water partition coefficient (Wildman–Crippen LogP) is 6.09. The molecule has 1 fully saturated rings. The van der Waals surface area contributed by atoms with Crippen molar-refractivity contribution in [3.8, 4) is 0 Å².